The van der Waals surface area contributed by atoms with Crippen LogP contribution in [-0.4, -0.2) is 57.6 Å². The highest BCUT2D eigenvalue weighted by Crippen LogP contribution is 2.22. The summed E-state index contributed by atoms with van der Waals surface area (Å²) in [5.74, 6) is -2.23. The number of hydrogen-bond donors (Lipinski definition) is 1. The number of sulfonamides is 1. The Kier molecular flexibility index (Phi) is 11.3. The second-order valence-electron chi connectivity index (χ2n) is 8.73. The van der Waals surface area contributed by atoms with Crippen LogP contribution in [-0.2, 0) is 26.2 Å². The van der Waals surface area contributed by atoms with E-state index in [9.17, 15) is 26.8 Å². The number of nitrogens with zero attached hydrogens (tertiary/aromatic N) is 2. The summed E-state index contributed by atoms with van der Waals surface area (Å²) in [6, 6.07) is 9.18. The molecule has 0 aliphatic heterocycles. The number of rotatable bonds is 14. The van der Waals surface area contributed by atoms with Gasteiger partial charge in [0.1, 0.15) is 11.8 Å². The largest absolute Gasteiger partial charge is 0.497 e. The van der Waals surface area contributed by atoms with E-state index in [1.165, 1.54) is 11.0 Å². The van der Waals surface area contributed by atoms with Crippen LogP contribution in [0.2, 0.25) is 0 Å². The maximum absolute atomic E-state index is 13.7. The van der Waals surface area contributed by atoms with Gasteiger partial charge in [0.15, 0.2) is 11.6 Å². The van der Waals surface area contributed by atoms with Crippen LogP contribution in [0.5, 0.6) is 5.75 Å². The lowest BCUT2D eigenvalue weighted by molar-refractivity contribution is -0.140. The minimum atomic E-state index is -3.82. The number of nitrogens with one attached hydrogen (secondary N) is 1. The summed E-state index contributed by atoms with van der Waals surface area (Å²) in [5.41, 5.74) is 0.759. The lowest BCUT2D eigenvalue weighted by Crippen LogP contribution is -2.47. The second kappa shape index (κ2) is 13.9. The lowest BCUT2D eigenvalue weighted by atomic mass is 10.1. The van der Waals surface area contributed by atoms with Crippen molar-refractivity contribution in [2.45, 2.75) is 52.1 Å². The van der Waals surface area contributed by atoms with Crippen molar-refractivity contribution in [2.24, 2.45) is 0 Å². The highest BCUT2D eigenvalue weighted by atomic mass is 32.2. The summed E-state index contributed by atoms with van der Waals surface area (Å²) in [4.78, 5) is 27.4. The fraction of sp³-hybridized carbons (Fsp3) is 0.462. The number of halogens is 2. The first-order chi connectivity index (χ1) is 17.5. The average molecular weight is 540 g/mol. The van der Waals surface area contributed by atoms with Crippen LogP contribution in [0.1, 0.15) is 45.1 Å². The SMILES string of the molecule is CCCCNC(=O)[C@H](C)N(Cc1ccc(OC)cc1)C(=O)CCCN(c1ccc(F)c(F)c1)S(C)(=O)=O. The van der Waals surface area contributed by atoms with Gasteiger partial charge in [0.05, 0.1) is 19.1 Å². The Labute approximate surface area is 217 Å². The van der Waals surface area contributed by atoms with Crippen LogP contribution < -0.4 is 14.4 Å². The molecule has 0 aliphatic carbocycles. The molecule has 2 amide bonds. The maximum atomic E-state index is 13.7. The van der Waals surface area contributed by atoms with Gasteiger partial charge in [-0.25, -0.2) is 17.2 Å². The van der Waals surface area contributed by atoms with Crippen LogP contribution in [0.15, 0.2) is 42.5 Å². The zero-order valence-electron chi connectivity index (χ0n) is 21.7. The van der Waals surface area contributed by atoms with Crippen LogP contribution in [0.25, 0.3) is 0 Å². The summed E-state index contributed by atoms with van der Waals surface area (Å²) in [7, 11) is -2.27. The molecule has 0 fully saturated rings. The van der Waals surface area contributed by atoms with Crippen molar-refractivity contribution < 1.29 is 31.5 Å². The van der Waals surface area contributed by atoms with Gasteiger partial charge in [-0.15, -0.1) is 0 Å². The minimum absolute atomic E-state index is 0.0346. The number of benzene rings is 2. The summed E-state index contributed by atoms with van der Waals surface area (Å²) in [6.45, 7) is 4.21. The highest BCUT2D eigenvalue weighted by Gasteiger charge is 2.26. The minimum Gasteiger partial charge on any atom is -0.497 e. The standard InChI is InChI=1S/C26H35F2N3O5S/c1-5-6-15-29-26(33)19(2)30(18-20-9-12-22(36-3)13-10-20)25(32)8-7-16-31(37(4,34)35)21-11-14-23(27)24(28)17-21/h9-14,17,19H,5-8,15-16,18H2,1-4H3,(H,29,33)/t19-/m0/s1. The van der Waals surface area contributed by atoms with Gasteiger partial charge in [0.2, 0.25) is 21.8 Å². The Morgan fingerprint density at radius 2 is 1.73 bits per heavy atom. The Bertz CT molecular complexity index is 1160. The Balaban J connectivity index is 2.16. The molecule has 2 rings (SSSR count). The molecule has 37 heavy (non-hydrogen) atoms. The van der Waals surface area contributed by atoms with Crippen molar-refractivity contribution in [3.63, 3.8) is 0 Å². The van der Waals surface area contributed by atoms with Crippen molar-refractivity contribution in [1.82, 2.24) is 10.2 Å². The van der Waals surface area contributed by atoms with Gasteiger partial charge in [0.25, 0.3) is 0 Å². The third-order valence-electron chi connectivity index (χ3n) is 5.85. The summed E-state index contributed by atoms with van der Waals surface area (Å²) >= 11 is 0. The van der Waals surface area contributed by atoms with Gasteiger partial charge in [0, 0.05) is 32.1 Å². The molecule has 0 bridgehead atoms. The number of anilines is 1. The van der Waals surface area contributed by atoms with Crippen molar-refractivity contribution in [2.75, 3.05) is 30.8 Å². The maximum Gasteiger partial charge on any atom is 0.242 e. The van der Waals surface area contributed by atoms with Gasteiger partial charge in [-0.05, 0) is 49.6 Å². The van der Waals surface area contributed by atoms with Crippen LogP contribution in [0.3, 0.4) is 0 Å². The predicted octanol–water partition coefficient (Wildman–Crippen LogP) is 3.85. The number of carbonyl (C=O) groups excluding carboxylic acids is 2. The number of carbonyl (C=O) groups is 2. The normalized spacial score (nSPS) is 12.1. The van der Waals surface area contributed by atoms with E-state index in [-0.39, 0.29) is 43.4 Å². The van der Waals surface area contributed by atoms with E-state index in [2.05, 4.69) is 5.32 Å². The monoisotopic (exact) mass is 539 g/mol. The number of unbranched alkanes of at least 4 members (excludes halogenated alkanes) is 1. The number of methoxy groups -OCH3 is 1. The van der Waals surface area contributed by atoms with E-state index < -0.39 is 27.7 Å². The van der Waals surface area contributed by atoms with E-state index >= 15 is 0 Å². The zero-order valence-corrected chi connectivity index (χ0v) is 22.5. The first kappa shape index (κ1) is 30.0. The first-order valence-corrected chi connectivity index (χ1v) is 14.0. The first-order valence-electron chi connectivity index (χ1n) is 12.1. The van der Waals surface area contributed by atoms with Crippen molar-refractivity contribution in [3.8, 4) is 5.75 Å². The molecular formula is C26H35F2N3O5S. The van der Waals surface area contributed by atoms with Crippen molar-refractivity contribution in [3.05, 3.63) is 59.7 Å². The number of amides is 2. The molecule has 0 saturated carbocycles. The molecule has 1 atom stereocenters. The van der Waals surface area contributed by atoms with Gasteiger partial charge in [-0.1, -0.05) is 25.5 Å². The number of ether oxygens (including phenoxy) is 1. The molecular weight excluding hydrogens is 504 g/mol. The lowest BCUT2D eigenvalue weighted by Gasteiger charge is -2.29. The Morgan fingerprint density at radius 3 is 2.30 bits per heavy atom. The van der Waals surface area contributed by atoms with Crippen LogP contribution >= 0.6 is 0 Å². The molecule has 204 valence electrons. The Morgan fingerprint density at radius 1 is 1.05 bits per heavy atom. The fourth-order valence-electron chi connectivity index (χ4n) is 3.69. The molecule has 0 aliphatic rings. The molecule has 0 aromatic heterocycles. The second-order valence-corrected chi connectivity index (χ2v) is 10.6. The third-order valence-corrected chi connectivity index (χ3v) is 7.05. The summed E-state index contributed by atoms with van der Waals surface area (Å²) < 4.78 is 57.8. The molecule has 11 heteroatoms. The Hall–Kier alpha value is -3.21. The summed E-state index contributed by atoms with van der Waals surface area (Å²) in [5, 5.41) is 2.84. The average Bonchev–Trinajstić information content (AvgIpc) is 2.86. The van der Waals surface area contributed by atoms with E-state index in [1.54, 1.807) is 38.3 Å². The predicted molar refractivity (Wildman–Crippen MR) is 139 cm³/mol. The zero-order chi connectivity index (χ0) is 27.6. The fourth-order valence-corrected chi connectivity index (χ4v) is 4.65. The van der Waals surface area contributed by atoms with Gasteiger partial charge in [-0.3, -0.25) is 13.9 Å². The highest BCUT2D eigenvalue weighted by molar-refractivity contribution is 7.92. The molecule has 2 aromatic carbocycles. The van der Waals surface area contributed by atoms with Gasteiger partial charge >= 0.3 is 0 Å². The smallest absolute Gasteiger partial charge is 0.242 e. The molecule has 0 radical (unpaired) electrons. The van der Waals surface area contributed by atoms with Crippen LogP contribution in [0, 0.1) is 11.6 Å². The quantitative estimate of drug-likeness (QED) is 0.368. The van der Waals surface area contributed by atoms with E-state index in [4.69, 9.17) is 4.74 Å². The topological polar surface area (TPSA) is 96.0 Å². The van der Waals surface area contributed by atoms with Gasteiger partial charge < -0.3 is 15.0 Å². The molecule has 8 nitrogen and oxygen atoms in total. The molecule has 0 unspecified atom stereocenters. The molecule has 0 heterocycles. The third kappa shape index (κ3) is 8.99. The van der Waals surface area contributed by atoms with E-state index in [1.807, 2.05) is 6.92 Å². The summed E-state index contributed by atoms with van der Waals surface area (Å²) in [6.07, 6.45) is 2.73. The van der Waals surface area contributed by atoms with Crippen molar-refractivity contribution in [1.29, 1.82) is 0 Å². The van der Waals surface area contributed by atoms with Gasteiger partial charge in [-0.2, -0.15) is 0 Å². The van der Waals surface area contributed by atoms with Crippen LogP contribution in [0.4, 0.5) is 14.5 Å². The number of hydrogen-bond acceptors (Lipinski definition) is 5. The van der Waals surface area contributed by atoms with E-state index in [0.717, 1.165) is 41.1 Å². The molecule has 2 aromatic rings. The molecule has 0 saturated heterocycles. The van der Waals surface area contributed by atoms with Crippen molar-refractivity contribution >= 4 is 27.5 Å². The molecule has 1 N–H and O–H groups in total. The van der Waals surface area contributed by atoms with E-state index in [0.29, 0.717) is 12.3 Å². The molecule has 0 spiro atoms.